The summed E-state index contributed by atoms with van der Waals surface area (Å²) in [5.41, 5.74) is 2.69. The van der Waals surface area contributed by atoms with Crippen LogP contribution in [0.3, 0.4) is 0 Å². The van der Waals surface area contributed by atoms with E-state index >= 15 is 0 Å². The van der Waals surface area contributed by atoms with Crippen molar-refractivity contribution in [3.05, 3.63) is 23.3 Å². The van der Waals surface area contributed by atoms with Gasteiger partial charge in [-0.1, -0.05) is 17.2 Å². The lowest BCUT2D eigenvalue weighted by Crippen LogP contribution is -2.28. The van der Waals surface area contributed by atoms with Gasteiger partial charge in [0.15, 0.2) is 0 Å². The molecule has 1 saturated heterocycles. The van der Waals surface area contributed by atoms with Gasteiger partial charge in [-0.3, -0.25) is 4.79 Å². The molecule has 1 aliphatic heterocycles. The van der Waals surface area contributed by atoms with Crippen LogP contribution in [-0.4, -0.2) is 35.6 Å². The number of nitrogens with zero attached hydrogens (tertiary/aromatic N) is 1. The Hall–Kier alpha value is -1.09. The molecule has 0 aromatic rings. The second-order valence-electron chi connectivity index (χ2n) is 6.84. The van der Waals surface area contributed by atoms with Crippen LogP contribution in [0, 0.1) is 0 Å². The van der Waals surface area contributed by atoms with Crippen molar-refractivity contribution >= 4 is 5.91 Å². The van der Waals surface area contributed by atoms with Gasteiger partial charge in [-0.05, 0) is 67.2 Å². The first-order chi connectivity index (χ1) is 10.3. The molecule has 0 spiro atoms. The summed E-state index contributed by atoms with van der Waals surface area (Å²) in [6, 6.07) is 0. The first kappa shape index (κ1) is 19.0. The molecular formula is C19H33NO2. The molecule has 0 aromatic heterocycles. The number of rotatable bonds is 9. The Morgan fingerprint density at radius 2 is 1.73 bits per heavy atom. The summed E-state index contributed by atoms with van der Waals surface area (Å²) in [6.45, 7) is 14.1. The number of ether oxygens (including phenoxy) is 1. The molecule has 126 valence electrons. The Morgan fingerprint density at radius 3 is 2.23 bits per heavy atom. The molecule has 0 bridgehead atoms. The van der Waals surface area contributed by atoms with Gasteiger partial charge in [-0.25, -0.2) is 0 Å². The molecule has 3 heteroatoms. The third-order valence-electron chi connectivity index (χ3n) is 4.44. The lowest BCUT2D eigenvalue weighted by Gasteiger charge is -2.16. The van der Waals surface area contributed by atoms with E-state index in [1.807, 2.05) is 25.7 Å². The maximum atomic E-state index is 12.0. The monoisotopic (exact) mass is 307 g/mol. The molecule has 22 heavy (non-hydrogen) atoms. The predicted molar refractivity (Wildman–Crippen MR) is 92.9 cm³/mol. The van der Waals surface area contributed by atoms with Gasteiger partial charge in [0.2, 0.25) is 5.91 Å². The van der Waals surface area contributed by atoms with Crippen LogP contribution in [0.5, 0.6) is 0 Å². The maximum Gasteiger partial charge on any atom is 0.246 e. The van der Waals surface area contributed by atoms with E-state index in [4.69, 9.17) is 4.74 Å². The van der Waals surface area contributed by atoms with Crippen LogP contribution >= 0.6 is 0 Å². The molecule has 0 radical (unpaired) electrons. The molecule has 1 aliphatic rings. The Kier molecular flexibility index (Phi) is 7.34. The summed E-state index contributed by atoms with van der Waals surface area (Å²) in [5, 5.41) is 0. The second-order valence-corrected chi connectivity index (χ2v) is 6.84. The van der Waals surface area contributed by atoms with Gasteiger partial charge in [0.05, 0.1) is 11.7 Å². The van der Waals surface area contributed by atoms with Gasteiger partial charge in [0.1, 0.15) is 0 Å². The van der Waals surface area contributed by atoms with Crippen molar-refractivity contribution in [1.29, 1.82) is 0 Å². The van der Waals surface area contributed by atoms with Crippen molar-refractivity contribution in [2.45, 2.75) is 78.9 Å². The van der Waals surface area contributed by atoms with E-state index in [9.17, 15) is 4.79 Å². The van der Waals surface area contributed by atoms with Gasteiger partial charge in [0, 0.05) is 19.2 Å². The topological polar surface area (TPSA) is 32.8 Å². The predicted octanol–water partition coefficient (Wildman–Crippen LogP) is 4.49. The van der Waals surface area contributed by atoms with E-state index in [0.29, 0.717) is 6.10 Å². The summed E-state index contributed by atoms with van der Waals surface area (Å²) in [5.74, 6) is 0.135. The van der Waals surface area contributed by atoms with Gasteiger partial charge in [-0.15, -0.1) is 0 Å². The largest absolute Gasteiger partial charge is 0.367 e. The highest BCUT2D eigenvalue weighted by atomic mass is 16.6. The Morgan fingerprint density at radius 1 is 1.14 bits per heavy atom. The van der Waals surface area contributed by atoms with Crippen LogP contribution in [0.2, 0.25) is 0 Å². The molecule has 1 fully saturated rings. The minimum absolute atomic E-state index is 0.102. The van der Waals surface area contributed by atoms with Crippen molar-refractivity contribution in [3.8, 4) is 0 Å². The van der Waals surface area contributed by atoms with Crippen LogP contribution < -0.4 is 0 Å². The zero-order chi connectivity index (χ0) is 16.8. The molecule has 3 nitrogen and oxygen atoms in total. The summed E-state index contributed by atoms with van der Waals surface area (Å²) < 4.78 is 5.61. The molecule has 0 aliphatic carbocycles. The molecular weight excluding hydrogens is 274 g/mol. The molecule has 1 rings (SSSR count). The Balaban J connectivity index is 2.29. The standard InChI is InChI=1S/C19H33NO2/c1-7-20(8-2)18(21)14-16(4)11-9-10-15(3)12-13-17-19(5,6)22-17/h10,14,17H,7-9,11-13H2,1-6H3. The normalized spacial score (nSPS) is 20.9. The summed E-state index contributed by atoms with van der Waals surface area (Å²) >= 11 is 0. The Labute approximate surface area is 136 Å². The van der Waals surface area contributed by atoms with E-state index in [2.05, 4.69) is 26.8 Å². The molecule has 0 aromatic carbocycles. The van der Waals surface area contributed by atoms with Crippen molar-refractivity contribution in [2.75, 3.05) is 13.1 Å². The van der Waals surface area contributed by atoms with Crippen LogP contribution in [-0.2, 0) is 9.53 Å². The van der Waals surface area contributed by atoms with E-state index < -0.39 is 0 Å². The summed E-state index contributed by atoms with van der Waals surface area (Å²) in [6.07, 6.45) is 8.71. The quantitative estimate of drug-likeness (QED) is 0.357. The van der Waals surface area contributed by atoms with Crippen LogP contribution in [0.15, 0.2) is 23.3 Å². The third kappa shape index (κ3) is 6.35. The van der Waals surface area contributed by atoms with Crippen molar-refractivity contribution in [2.24, 2.45) is 0 Å². The fourth-order valence-electron chi connectivity index (χ4n) is 2.66. The molecule has 1 amide bonds. The zero-order valence-corrected chi connectivity index (χ0v) is 15.2. The number of allylic oxidation sites excluding steroid dienone is 3. The van der Waals surface area contributed by atoms with Crippen LogP contribution in [0.4, 0.5) is 0 Å². The molecule has 1 unspecified atom stereocenters. The highest BCUT2D eigenvalue weighted by Crippen LogP contribution is 2.38. The van der Waals surface area contributed by atoms with Gasteiger partial charge in [-0.2, -0.15) is 0 Å². The number of amides is 1. The van der Waals surface area contributed by atoms with E-state index in [-0.39, 0.29) is 11.5 Å². The second kappa shape index (κ2) is 8.52. The average molecular weight is 307 g/mol. The number of carbonyl (C=O) groups excluding carboxylic acids is 1. The summed E-state index contributed by atoms with van der Waals surface area (Å²) in [7, 11) is 0. The fourth-order valence-corrected chi connectivity index (χ4v) is 2.66. The lowest BCUT2D eigenvalue weighted by atomic mass is 10.0. The number of hydrogen-bond acceptors (Lipinski definition) is 2. The first-order valence-electron chi connectivity index (χ1n) is 8.59. The molecule has 0 saturated carbocycles. The molecule has 0 N–H and O–H groups in total. The number of epoxide rings is 1. The average Bonchev–Trinajstić information content (AvgIpc) is 3.05. The van der Waals surface area contributed by atoms with Crippen molar-refractivity contribution in [1.82, 2.24) is 4.90 Å². The van der Waals surface area contributed by atoms with Gasteiger partial charge in [0.25, 0.3) is 0 Å². The first-order valence-corrected chi connectivity index (χ1v) is 8.59. The minimum atomic E-state index is 0.102. The lowest BCUT2D eigenvalue weighted by molar-refractivity contribution is -0.125. The highest BCUT2D eigenvalue weighted by molar-refractivity contribution is 5.88. The van der Waals surface area contributed by atoms with E-state index in [1.54, 1.807) is 6.08 Å². The van der Waals surface area contributed by atoms with Crippen molar-refractivity contribution < 1.29 is 9.53 Å². The van der Waals surface area contributed by atoms with Crippen LogP contribution in [0.1, 0.15) is 67.2 Å². The molecule has 1 atom stereocenters. The van der Waals surface area contributed by atoms with E-state index in [0.717, 1.165) is 44.3 Å². The van der Waals surface area contributed by atoms with E-state index in [1.165, 1.54) is 5.57 Å². The third-order valence-corrected chi connectivity index (χ3v) is 4.44. The smallest absolute Gasteiger partial charge is 0.246 e. The SMILES string of the molecule is CCN(CC)C(=O)C=C(C)CCC=C(C)CCC1OC1(C)C. The summed E-state index contributed by atoms with van der Waals surface area (Å²) in [4.78, 5) is 13.8. The highest BCUT2D eigenvalue weighted by Gasteiger charge is 2.46. The van der Waals surface area contributed by atoms with Crippen molar-refractivity contribution in [3.63, 3.8) is 0 Å². The molecule has 1 heterocycles. The number of hydrogen-bond donors (Lipinski definition) is 0. The van der Waals surface area contributed by atoms with Gasteiger partial charge >= 0.3 is 0 Å². The fraction of sp³-hybridized carbons (Fsp3) is 0.737. The van der Waals surface area contributed by atoms with Crippen LogP contribution in [0.25, 0.3) is 0 Å². The maximum absolute atomic E-state index is 12.0. The number of likely N-dealkylation sites (N-methyl/N-ethyl adjacent to an activating group) is 1. The minimum Gasteiger partial charge on any atom is -0.367 e. The Bertz CT molecular complexity index is 431. The zero-order valence-electron chi connectivity index (χ0n) is 15.2. The van der Waals surface area contributed by atoms with Gasteiger partial charge < -0.3 is 9.64 Å². The number of carbonyl (C=O) groups is 1.